The van der Waals surface area contributed by atoms with Crippen molar-refractivity contribution in [2.45, 2.75) is 19.4 Å². The molecule has 0 unspecified atom stereocenters. The Bertz CT molecular complexity index is 607. The molecule has 0 saturated heterocycles. The summed E-state index contributed by atoms with van der Waals surface area (Å²) in [6.07, 6.45) is 2.19. The summed E-state index contributed by atoms with van der Waals surface area (Å²) < 4.78 is 5.33. The first kappa shape index (κ1) is 14.0. The predicted octanol–water partition coefficient (Wildman–Crippen LogP) is 2.88. The number of nitrogens with two attached hydrogens (primary N) is 1. The van der Waals surface area contributed by atoms with Crippen molar-refractivity contribution in [3.05, 3.63) is 59.2 Å². The molecule has 1 heterocycles. The third-order valence-corrected chi connectivity index (χ3v) is 4.19. The Morgan fingerprint density at radius 1 is 1.00 bits per heavy atom. The molecule has 0 radical (unpaired) electrons. The zero-order valence-electron chi connectivity index (χ0n) is 12.5. The van der Waals surface area contributed by atoms with Crippen LogP contribution in [0.15, 0.2) is 42.5 Å². The molecule has 0 bridgehead atoms. The van der Waals surface area contributed by atoms with Gasteiger partial charge in [0.1, 0.15) is 5.75 Å². The smallest absolute Gasteiger partial charge is 0.119 e. The number of fused-ring (bicyclic) bond motifs is 1. The number of rotatable bonds is 3. The first-order valence-corrected chi connectivity index (χ1v) is 7.47. The first-order chi connectivity index (χ1) is 10.2. The summed E-state index contributed by atoms with van der Waals surface area (Å²) in [5.74, 6) is 0.959. The second kappa shape index (κ2) is 6.19. The van der Waals surface area contributed by atoms with Crippen molar-refractivity contribution in [3.8, 4) is 5.75 Å². The van der Waals surface area contributed by atoms with E-state index in [0.29, 0.717) is 0 Å². The zero-order valence-corrected chi connectivity index (χ0v) is 12.5. The van der Waals surface area contributed by atoms with Crippen LogP contribution in [-0.2, 0) is 19.4 Å². The predicted molar refractivity (Wildman–Crippen MR) is 86.5 cm³/mol. The maximum absolute atomic E-state index is 5.74. The normalized spacial score (nSPS) is 15.3. The highest BCUT2D eigenvalue weighted by molar-refractivity contribution is 5.39. The molecule has 0 spiro atoms. The Balaban J connectivity index is 1.68. The van der Waals surface area contributed by atoms with Crippen LogP contribution < -0.4 is 10.5 Å². The molecule has 0 aliphatic carbocycles. The fourth-order valence-corrected chi connectivity index (χ4v) is 2.91. The summed E-state index contributed by atoms with van der Waals surface area (Å²) in [5, 5.41) is 0. The highest BCUT2D eigenvalue weighted by atomic mass is 16.5. The number of benzene rings is 2. The lowest BCUT2D eigenvalue weighted by atomic mass is 10.0. The van der Waals surface area contributed by atoms with Crippen molar-refractivity contribution in [1.29, 1.82) is 0 Å². The Labute approximate surface area is 126 Å². The standard InChI is InChI=1S/C18H22N2O/c1-21-18-7-4-15-8-10-20(11-9-16(15)12-18)13-14-2-5-17(19)6-3-14/h2-7,12H,8-11,13,19H2,1H3. The molecule has 1 aliphatic heterocycles. The Kier molecular flexibility index (Phi) is 4.11. The number of methoxy groups -OCH3 is 1. The van der Waals surface area contributed by atoms with Crippen LogP contribution in [0.25, 0.3) is 0 Å². The van der Waals surface area contributed by atoms with E-state index in [0.717, 1.165) is 43.9 Å². The zero-order chi connectivity index (χ0) is 14.7. The summed E-state index contributed by atoms with van der Waals surface area (Å²) in [4.78, 5) is 2.51. The van der Waals surface area contributed by atoms with E-state index in [2.05, 4.69) is 35.2 Å². The molecule has 0 atom stereocenters. The number of hydrogen-bond donors (Lipinski definition) is 1. The van der Waals surface area contributed by atoms with Crippen molar-refractivity contribution >= 4 is 5.69 Å². The average Bonchev–Trinajstić information content (AvgIpc) is 2.71. The molecular weight excluding hydrogens is 260 g/mol. The van der Waals surface area contributed by atoms with Gasteiger partial charge in [-0.1, -0.05) is 18.2 Å². The molecule has 0 saturated carbocycles. The van der Waals surface area contributed by atoms with Crippen molar-refractivity contribution in [2.24, 2.45) is 0 Å². The minimum Gasteiger partial charge on any atom is -0.497 e. The molecule has 0 aromatic heterocycles. The fraction of sp³-hybridized carbons (Fsp3) is 0.333. The van der Waals surface area contributed by atoms with Crippen molar-refractivity contribution in [3.63, 3.8) is 0 Å². The van der Waals surface area contributed by atoms with Gasteiger partial charge in [-0.25, -0.2) is 0 Å². The third kappa shape index (κ3) is 3.37. The summed E-state index contributed by atoms with van der Waals surface area (Å²) in [7, 11) is 1.73. The monoisotopic (exact) mass is 282 g/mol. The third-order valence-electron chi connectivity index (χ3n) is 4.19. The quantitative estimate of drug-likeness (QED) is 0.880. The largest absolute Gasteiger partial charge is 0.497 e. The number of ether oxygens (including phenoxy) is 1. The first-order valence-electron chi connectivity index (χ1n) is 7.47. The number of anilines is 1. The van der Waals surface area contributed by atoms with Crippen LogP contribution >= 0.6 is 0 Å². The summed E-state index contributed by atoms with van der Waals surface area (Å²) in [6, 6.07) is 14.7. The van der Waals surface area contributed by atoms with E-state index in [1.54, 1.807) is 7.11 Å². The lowest BCUT2D eigenvalue weighted by Gasteiger charge is -2.19. The van der Waals surface area contributed by atoms with Gasteiger partial charge in [0.2, 0.25) is 0 Å². The summed E-state index contributed by atoms with van der Waals surface area (Å²) >= 11 is 0. The van der Waals surface area contributed by atoms with Gasteiger partial charge in [-0.15, -0.1) is 0 Å². The van der Waals surface area contributed by atoms with E-state index in [1.807, 2.05) is 12.1 Å². The molecule has 2 aromatic carbocycles. The molecule has 1 aliphatic rings. The summed E-state index contributed by atoms with van der Waals surface area (Å²) in [6.45, 7) is 3.18. The SMILES string of the molecule is COc1ccc2c(c1)CCN(Cc1ccc(N)cc1)CC2. The van der Waals surface area contributed by atoms with E-state index < -0.39 is 0 Å². The second-order valence-electron chi connectivity index (χ2n) is 5.65. The number of nitrogens with zero attached hydrogens (tertiary/aromatic N) is 1. The molecule has 3 rings (SSSR count). The minimum atomic E-state index is 0.828. The molecule has 2 aromatic rings. The Hall–Kier alpha value is -2.00. The average molecular weight is 282 g/mol. The number of nitrogen functional groups attached to an aromatic ring is 1. The Morgan fingerprint density at radius 3 is 2.43 bits per heavy atom. The van der Waals surface area contributed by atoms with Crippen LogP contribution in [0.2, 0.25) is 0 Å². The van der Waals surface area contributed by atoms with E-state index in [-0.39, 0.29) is 0 Å². The van der Waals surface area contributed by atoms with E-state index >= 15 is 0 Å². The van der Waals surface area contributed by atoms with Crippen LogP contribution in [0.5, 0.6) is 5.75 Å². The highest BCUT2D eigenvalue weighted by Crippen LogP contribution is 2.22. The maximum atomic E-state index is 5.74. The second-order valence-corrected chi connectivity index (χ2v) is 5.65. The highest BCUT2D eigenvalue weighted by Gasteiger charge is 2.14. The van der Waals surface area contributed by atoms with Gasteiger partial charge < -0.3 is 10.5 Å². The van der Waals surface area contributed by atoms with Gasteiger partial charge in [0, 0.05) is 25.3 Å². The molecule has 0 amide bonds. The van der Waals surface area contributed by atoms with Gasteiger partial charge in [-0.2, -0.15) is 0 Å². The van der Waals surface area contributed by atoms with Crippen LogP contribution in [0.1, 0.15) is 16.7 Å². The van der Waals surface area contributed by atoms with E-state index in [1.165, 1.54) is 16.7 Å². The van der Waals surface area contributed by atoms with Gasteiger partial charge >= 0.3 is 0 Å². The van der Waals surface area contributed by atoms with Crippen molar-refractivity contribution < 1.29 is 4.74 Å². The van der Waals surface area contributed by atoms with Crippen LogP contribution in [-0.4, -0.2) is 25.1 Å². The lowest BCUT2D eigenvalue weighted by molar-refractivity contribution is 0.279. The van der Waals surface area contributed by atoms with E-state index in [9.17, 15) is 0 Å². The molecule has 3 heteroatoms. The molecule has 0 fully saturated rings. The fourth-order valence-electron chi connectivity index (χ4n) is 2.91. The van der Waals surface area contributed by atoms with Crippen LogP contribution in [0.4, 0.5) is 5.69 Å². The van der Waals surface area contributed by atoms with Crippen LogP contribution in [0, 0.1) is 0 Å². The molecule has 110 valence electrons. The van der Waals surface area contributed by atoms with Crippen LogP contribution in [0.3, 0.4) is 0 Å². The lowest BCUT2D eigenvalue weighted by Crippen LogP contribution is -2.25. The molecular formula is C18H22N2O. The molecule has 21 heavy (non-hydrogen) atoms. The van der Waals surface area contributed by atoms with Crippen molar-refractivity contribution in [1.82, 2.24) is 4.90 Å². The maximum Gasteiger partial charge on any atom is 0.119 e. The van der Waals surface area contributed by atoms with E-state index in [4.69, 9.17) is 10.5 Å². The minimum absolute atomic E-state index is 0.828. The number of hydrogen-bond acceptors (Lipinski definition) is 3. The topological polar surface area (TPSA) is 38.5 Å². The van der Waals surface area contributed by atoms with Gasteiger partial charge in [0.05, 0.1) is 7.11 Å². The van der Waals surface area contributed by atoms with Gasteiger partial charge in [-0.3, -0.25) is 4.90 Å². The molecule has 2 N–H and O–H groups in total. The summed E-state index contributed by atoms with van der Waals surface area (Å²) in [5.41, 5.74) is 10.8. The van der Waals surface area contributed by atoms with Gasteiger partial charge in [0.15, 0.2) is 0 Å². The van der Waals surface area contributed by atoms with Gasteiger partial charge in [-0.05, 0) is 53.8 Å². The molecule has 3 nitrogen and oxygen atoms in total. The Morgan fingerprint density at radius 2 is 1.71 bits per heavy atom. The van der Waals surface area contributed by atoms with Gasteiger partial charge in [0.25, 0.3) is 0 Å². The van der Waals surface area contributed by atoms with Crippen molar-refractivity contribution in [2.75, 3.05) is 25.9 Å².